The maximum Gasteiger partial charge on any atom is 0.263 e. The number of sulfonamides is 1. The number of nitrogens with one attached hydrogen (secondary N) is 1. The minimum Gasteiger partial charge on any atom is -0.294 e. The summed E-state index contributed by atoms with van der Waals surface area (Å²) in [5.74, 6) is 0. The van der Waals surface area contributed by atoms with Crippen molar-refractivity contribution in [2.75, 3.05) is 4.72 Å². The number of fused-ring (bicyclic) bond motifs is 1. The lowest BCUT2D eigenvalue weighted by Crippen LogP contribution is -2.13. The fourth-order valence-corrected chi connectivity index (χ4v) is 4.36. The Morgan fingerprint density at radius 2 is 2.08 bits per heavy atom. The number of aromatic nitrogens is 3. The third-order valence-corrected chi connectivity index (χ3v) is 6.07. The highest BCUT2D eigenvalue weighted by Crippen LogP contribution is 2.26. The van der Waals surface area contributed by atoms with Gasteiger partial charge in [-0.1, -0.05) is 12.1 Å². The Hall–Kier alpha value is -2.71. The van der Waals surface area contributed by atoms with Gasteiger partial charge >= 0.3 is 0 Å². The molecule has 8 heteroatoms. The van der Waals surface area contributed by atoms with Crippen LogP contribution >= 0.6 is 11.3 Å². The van der Waals surface area contributed by atoms with Gasteiger partial charge in [0.25, 0.3) is 10.0 Å². The topological polar surface area (TPSA) is 76.4 Å². The van der Waals surface area contributed by atoms with Crippen LogP contribution in [0.3, 0.4) is 0 Å². The SMILES string of the molecule is Cc1csc2nc(-c3cccc(NS(=O)(=O)c4cccnc4)c3)cn12. The van der Waals surface area contributed by atoms with E-state index in [1.807, 2.05) is 29.0 Å². The standard InChI is InChI=1S/C17H14N4O2S2/c1-12-11-24-17-19-16(10-21(12)17)13-4-2-5-14(8-13)20-25(22,23)15-6-3-7-18-9-15/h2-11,20H,1H3. The summed E-state index contributed by atoms with van der Waals surface area (Å²) in [5, 5.41) is 2.05. The third-order valence-electron chi connectivity index (χ3n) is 3.74. The molecule has 4 aromatic rings. The smallest absolute Gasteiger partial charge is 0.263 e. The summed E-state index contributed by atoms with van der Waals surface area (Å²) in [5.41, 5.74) is 3.25. The van der Waals surface area contributed by atoms with Crippen LogP contribution in [-0.2, 0) is 10.0 Å². The molecule has 3 aromatic heterocycles. The van der Waals surface area contributed by atoms with Crippen molar-refractivity contribution in [3.05, 3.63) is 66.1 Å². The molecule has 6 nitrogen and oxygen atoms in total. The van der Waals surface area contributed by atoms with Gasteiger partial charge in [0.15, 0.2) is 4.96 Å². The van der Waals surface area contributed by atoms with Crippen LogP contribution in [0.4, 0.5) is 5.69 Å². The van der Waals surface area contributed by atoms with Gasteiger partial charge in [0.1, 0.15) is 4.90 Å². The van der Waals surface area contributed by atoms with Gasteiger partial charge < -0.3 is 0 Å². The molecule has 0 radical (unpaired) electrons. The Kier molecular flexibility index (Phi) is 3.78. The number of pyridine rings is 1. The highest BCUT2D eigenvalue weighted by atomic mass is 32.2. The average Bonchev–Trinajstić information content (AvgIpc) is 3.18. The van der Waals surface area contributed by atoms with Crippen LogP contribution < -0.4 is 4.72 Å². The summed E-state index contributed by atoms with van der Waals surface area (Å²) in [6.07, 6.45) is 4.81. The molecule has 126 valence electrons. The van der Waals surface area contributed by atoms with Gasteiger partial charge in [-0.25, -0.2) is 13.4 Å². The first-order chi connectivity index (χ1) is 12.0. The molecule has 0 spiro atoms. The molecule has 3 heterocycles. The van der Waals surface area contributed by atoms with Crippen molar-refractivity contribution >= 4 is 32.0 Å². The van der Waals surface area contributed by atoms with Crippen LogP contribution in [-0.4, -0.2) is 22.8 Å². The van der Waals surface area contributed by atoms with Crippen LogP contribution in [0.5, 0.6) is 0 Å². The number of benzene rings is 1. The zero-order valence-corrected chi connectivity index (χ0v) is 14.9. The first kappa shape index (κ1) is 15.8. The fourth-order valence-electron chi connectivity index (χ4n) is 2.50. The van der Waals surface area contributed by atoms with Crippen molar-refractivity contribution in [3.8, 4) is 11.3 Å². The van der Waals surface area contributed by atoms with Gasteiger partial charge in [-0.2, -0.15) is 0 Å². The van der Waals surface area contributed by atoms with E-state index in [2.05, 4.69) is 14.7 Å². The zero-order valence-electron chi connectivity index (χ0n) is 13.2. The number of aryl methyl sites for hydroxylation is 1. The van der Waals surface area contributed by atoms with E-state index in [0.29, 0.717) is 5.69 Å². The lowest BCUT2D eigenvalue weighted by molar-refractivity contribution is 0.601. The average molecular weight is 370 g/mol. The second kappa shape index (κ2) is 5.98. The van der Waals surface area contributed by atoms with Gasteiger partial charge in [-0.05, 0) is 31.2 Å². The summed E-state index contributed by atoms with van der Waals surface area (Å²) in [4.78, 5) is 9.48. The Balaban J connectivity index is 1.67. The number of hydrogen-bond donors (Lipinski definition) is 1. The van der Waals surface area contributed by atoms with Gasteiger partial charge in [0.2, 0.25) is 0 Å². The monoisotopic (exact) mass is 370 g/mol. The molecule has 0 atom stereocenters. The van der Waals surface area contributed by atoms with Crippen LogP contribution in [0.25, 0.3) is 16.2 Å². The van der Waals surface area contributed by atoms with Crippen molar-refractivity contribution in [2.45, 2.75) is 11.8 Å². The van der Waals surface area contributed by atoms with Crippen LogP contribution in [0.2, 0.25) is 0 Å². The van der Waals surface area contributed by atoms with Crippen LogP contribution in [0.1, 0.15) is 5.69 Å². The fraction of sp³-hybridized carbons (Fsp3) is 0.0588. The van der Waals surface area contributed by atoms with Crippen molar-refractivity contribution < 1.29 is 8.42 Å². The van der Waals surface area contributed by atoms with E-state index < -0.39 is 10.0 Å². The van der Waals surface area contributed by atoms with Crippen LogP contribution in [0.15, 0.2) is 65.3 Å². The zero-order chi connectivity index (χ0) is 17.4. The number of nitrogens with zero attached hydrogens (tertiary/aromatic N) is 3. The molecule has 1 aromatic carbocycles. The maximum absolute atomic E-state index is 12.4. The minimum absolute atomic E-state index is 0.124. The Morgan fingerprint density at radius 3 is 2.84 bits per heavy atom. The van der Waals surface area contributed by atoms with Gasteiger partial charge in [0.05, 0.1) is 5.69 Å². The van der Waals surface area contributed by atoms with E-state index in [9.17, 15) is 8.42 Å². The summed E-state index contributed by atoms with van der Waals surface area (Å²) in [6, 6.07) is 10.3. The maximum atomic E-state index is 12.4. The lowest BCUT2D eigenvalue weighted by Gasteiger charge is -2.08. The molecule has 0 amide bonds. The molecule has 0 saturated carbocycles. The van der Waals surface area contributed by atoms with E-state index in [-0.39, 0.29) is 4.90 Å². The molecule has 25 heavy (non-hydrogen) atoms. The molecule has 0 aliphatic heterocycles. The Labute approximate surface area is 148 Å². The predicted molar refractivity (Wildman–Crippen MR) is 98.3 cm³/mol. The molecule has 0 fully saturated rings. The molecule has 1 N–H and O–H groups in total. The molecular formula is C17H14N4O2S2. The normalized spacial score (nSPS) is 11.7. The van der Waals surface area contributed by atoms with Gasteiger partial charge in [-0.3, -0.25) is 14.1 Å². The largest absolute Gasteiger partial charge is 0.294 e. The molecule has 0 unspecified atom stereocenters. The van der Waals surface area contributed by atoms with Crippen molar-refractivity contribution in [1.29, 1.82) is 0 Å². The quantitative estimate of drug-likeness (QED) is 0.596. The van der Waals surface area contributed by atoms with E-state index in [4.69, 9.17) is 0 Å². The highest BCUT2D eigenvalue weighted by molar-refractivity contribution is 7.92. The summed E-state index contributed by atoms with van der Waals surface area (Å²) in [7, 11) is -3.67. The van der Waals surface area contributed by atoms with Crippen molar-refractivity contribution in [3.63, 3.8) is 0 Å². The van der Waals surface area contributed by atoms with E-state index >= 15 is 0 Å². The lowest BCUT2D eigenvalue weighted by atomic mass is 10.1. The van der Waals surface area contributed by atoms with Gasteiger partial charge in [-0.15, -0.1) is 11.3 Å². The third kappa shape index (κ3) is 3.01. The Bertz CT molecular complexity index is 1150. The number of anilines is 1. The minimum atomic E-state index is -3.67. The summed E-state index contributed by atoms with van der Waals surface area (Å²) >= 11 is 1.57. The molecule has 0 bridgehead atoms. The van der Waals surface area contributed by atoms with E-state index in [1.165, 1.54) is 18.5 Å². The van der Waals surface area contributed by atoms with E-state index in [1.54, 1.807) is 35.6 Å². The first-order valence-electron chi connectivity index (χ1n) is 7.49. The predicted octanol–water partition coefficient (Wildman–Crippen LogP) is 3.57. The number of imidazole rings is 1. The second-order valence-electron chi connectivity index (χ2n) is 5.53. The second-order valence-corrected chi connectivity index (χ2v) is 8.05. The van der Waals surface area contributed by atoms with E-state index in [0.717, 1.165) is 21.9 Å². The number of hydrogen-bond acceptors (Lipinski definition) is 5. The molecule has 4 rings (SSSR count). The molecular weight excluding hydrogens is 356 g/mol. The molecule has 0 aliphatic rings. The molecule has 0 aliphatic carbocycles. The highest BCUT2D eigenvalue weighted by Gasteiger charge is 2.15. The number of thiazole rings is 1. The van der Waals surface area contributed by atoms with Crippen molar-refractivity contribution in [1.82, 2.24) is 14.4 Å². The molecule has 0 saturated heterocycles. The Morgan fingerprint density at radius 1 is 1.20 bits per heavy atom. The van der Waals surface area contributed by atoms with Gasteiger partial charge in [0, 0.05) is 40.9 Å². The van der Waals surface area contributed by atoms with Crippen LogP contribution in [0, 0.1) is 6.92 Å². The summed E-state index contributed by atoms with van der Waals surface area (Å²) in [6.45, 7) is 2.02. The number of rotatable bonds is 4. The van der Waals surface area contributed by atoms with Crippen molar-refractivity contribution in [2.24, 2.45) is 0 Å². The summed E-state index contributed by atoms with van der Waals surface area (Å²) < 4.78 is 29.5. The first-order valence-corrected chi connectivity index (χ1v) is 9.86.